The van der Waals surface area contributed by atoms with Gasteiger partial charge >= 0.3 is 0 Å². The number of nitrogens with zero attached hydrogens (tertiary/aromatic N) is 2. The minimum Gasteiger partial charge on any atom is -0.495 e. The van der Waals surface area contributed by atoms with Crippen molar-refractivity contribution in [1.82, 2.24) is 9.78 Å². The molecule has 0 aliphatic rings. The molecular formula is C13H15ClN4O2. The number of hydrogen-bond donors (Lipinski definition) is 2. The molecule has 20 heavy (non-hydrogen) atoms. The van der Waals surface area contributed by atoms with E-state index in [0.717, 1.165) is 0 Å². The summed E-state index contributed by atoms with van der Waals surface area (Å²) < 4.78 is 6.55. The Balaban J connectivity index is 2.28. The molecule has 106 valence electrons. The topological polar surface area (TPSA) is 82.2 Å². The molecule has 1 aromatic carbocycles. The van der Waals surface area contributed by atoms with E-state index < -0.39 is 0 Å². The first kappa shape index (κ1) is 14.2. The summed E-state index contributed by atoms with van der Waals surface area (Å²) in [5.74, 6) is 0.147. The summed E-state index contributed by atoms with van der Waals surface area (Å²) in [7, 11) is 3.18. The highest BCUT2D eigenvalue weighted by Crippen LogP contribution is 2.28. The van der Waals surface area contributed by atoms with E-state index >= 15 is 0 Å². The molecule has 0 radical (unpaired) electrons. The molecule has 6 nitrogen and oxygen atoms in total. The quantitative estimate of drug-likeness (QED) is 0.909. The Hall–Kier alpha value is -2.21. The molecule has 1 amide bonds. The van der Waals surface area contributed by atoms with Crippen molar-refractivity contribution >= 4 is 28.9 Å². The minimum atomic E-state index is -0.338. The van der Waals surface area contributed by atoms with Crippen LogP contribution < -0.4 is 15.8 Å². The molecule has 0 saturated carbocycles. The summed E-state index contributed by atoms with van der Waals surface area (Å²) >= 11 is 5.93. The number of ether oxygens (including phenoxy) is 1. The molecule has 0 aliphatic heterocycles. The lowest BCUT2D eigenvalue weighted by molar-refractivity contribution is 0.101. The van der Waals surface area contributed by atoms with E-state index in [2.05, 4.69) is 10.4 Å². The molecule has 0 spiro atoms. The highest BCUT2D eigenvalue weighted by Gasteiger charge is 2.18. The van der Waals surface area contributed by atoms with Crippen LogP contribution in [0.15, 0.2) is 18.2 Å². The van der Waals surface area contributed by atoms with Crippen LogP contribution in [-0.2, 0) is 7.05 Å². The summed E-state index contributed by atoms with van der Waals surface area (Å²) in [6.07, 6.45) is 0. The SMILES string of the molecule is COc1cc(NC(=O)c2c(N)c(C)nn2C)ccc1Cl. The highest BCUT2D eigenvalue weighted by atomic mass is 35.5. The van der Waals surface area contributed by atoms with E-state index in [1.54, 1.807) is 32.2 Å². The number of aromatic nitrogens is 2. The predicted molar refractivity (Wildman–Crippen MR) is 78.3 cm³/mol. The molecule has 0 unspecified atom stereocenters. The maximum atomic E-state index is 12.2. The fraction of sp³-hybridized carbons (Fsp3) is 0.231. The van der Waals surface area contributed by atoms with Gasteiger partial charge in [-0.2, -0.15) is 5.10 Å². The fourth-order valence-electron chi connectivity index (χ4n) is 1.87. The van der Waals surface area contributed by atoms with Crippen molar-refractivity contribution < 1.29 is 9.53 Å². The molecule has 0 saturated heterocycles. The summed E-state index contributed by atoms with van der Waals surface area (Å²) in [5, 5.41) is 7.32. The van der Waals surface area contributed by atoms with E-state index in [4.69, 9.17) is 22.1 Å². The third kappa shape index (κ3) is 2.55. The molecule has 0 bridgehead atoms. The molecule has 0 aliphatic carbocycles. The molecular weight excluding hydrogens is 280 g/mol. The number of anilines is 2. The van der Waals surface area contributed by atoms with E-state index in [0.29, 0.717) is 33.5 Å². The van der Waals surface area contributed by atoms with Gasteiger partial charge in [0.25, 0.3) is 5.91 Å². The molecule has 7 heteroatoms. The maximum Gasteiger partial charge on any atom is 0.276 e. The first-order valence-electron chi connectivity index (χ1n) is 5.88. The second-order valence-corrected chi connectivity index (χ2v) is 4.68. The van der Waals surface area contributed by atoms with Crippen LogP contribution in [0.2, 0.25) is 5.02 Å². The van der Waals surface area contributed by atoms with Crippen molar-refractivity contribution in [3.63, 3.8) is 0 Å². The van der Waals surface area contributed by atoms with Crippen LogP contribution in [0.5, 0.6) is 5.75 Å². The number of nitrogens with two attached hydrogens (primary N) is 1. The molecule has 0 atom stereocenters. The van der Waals surface area contributed by atoms with Crippen LogP contribution in [-0.4, -0.2) is 22.8 Å². The number of benzene rings is 1. The van der Waals surface area contributed by atoms with Crippen molar-refractivity contribution in [2.24, 2.45) is 7.05 Å². The number of nitrogen functional groups attached to an aromatic ring is 1. The number of nitrogens with one attached hydrogen (secondary N) is 1. The van der Waals surface area contributed by atoms with Gasteiger partial charge < -0.3 is 15.8 Å². The van der Waals surface area contributed by atoms with Crippen molar-refractivity contribution in [2.45, 2.75) is 6.92 Å². The third-order valence-corrected chi connectivity index (χ3v) is 3.20. The molecule has 2 aromatic rings. The summed E-state index contributed by atoms with van der Waals surface area (Å²) in [5.41, 5.74) is 7.71. The Labute approximate surface area is 121 Å². The normalized spacial score (nSPS) is 10.4. The molecule has 1 aromatic heterocycles. The van der Waals surface area contributed by atoms with E-state index in [-0.39, 0.29) is 5.91 Å². The van der Waals surface area contributed by atoms with Gasteiger partial charge in [-0.15, -0.1) is 0 Å². The number of hydrogen-bond acceptors (Lipinski definition) is 4. The van der Waals surface area contributed by atoms with Crippen molar-refractivity contribution in [2.75, 3.05) is 18.2 Å². The van der Waals surface area contributed by atoms with Crippen LogP contribution in [0.1, 0.15) is 16.2 Å². The van der Waals surface area contributed by atoms with Gasteiger partial charge in [0.15, 0.2) is 0 Å². The largest absolute Gasteiger partial charge is 0.495 e. The molecule has 0 fully saturated rings. The van der Waals surface area contributed by atoms with Crippen LogP contribution >= 0.6 is 11.6 Å². The molecule has 3 N–H and O–H groups in total. The van der Waals surface area contributed by atoms with E-state index in [1.807, 2.05) is 0 Å². The average Bonchev–Trinajstić information content (AvgIpc) is 2.65. The van der Waals surface area contributed by atoms with E-state index in [1.165, 1.54) is 11.8 Å². The van der Waals surface area contributed by atoms with Crippen molar-refractivity contribution in [3.8, 4) is 5.75 Å². The lowest BCUT2D eigenvalue weighted by atomic mass is 10.2. The number of carbonyl (C=O) groups excluding carboxylic acids is 1. The zero-order valence-electron chi connectivity index (χ0n) is 11.4. The van der Waals surface area contributed by atoms with Crippen molar-refractivity contribution in [3.05, 3.63) is 34.6 Å². The standard InChI is InChI=1S/C13H15ClN4O2/c1-7-11(15)12(18(2)17-7)13(19)16-8-4-5-9(14)10(6-8)20-3/h4-6H,15H2,1-3H3,(H,16,19). The number of amides is 1. The Kier molecular flexibility index (Phi) is 3.85. The Morgan fingerprint density at radius 1 is 1.50 bits per heavy atom. The molecule has 2 rings (SSSR count). The van der Waals surface area contributed by atoms with Gasteiger partial charge in [-0.05, 0) is 19.1 Å². The summed E-state index contributed by atoms with van der Waals surface area (Å²) in [6.45, 7) is 1.75. The molecule has 1 heterocycles. The lowest BCUT2D eigenvalue weighted by Crippen LogP contribution is -2.17. The van der Waals surface area contributed by atoms with E-state index in [9.17, 15) is 4.79 Å². The number of rotatable bonds is 3. The first-order chi connectivity index (χ1) is 9.43. The first-order valence-corrected chi connectivity index (χ1v) is 6.25. The van der Waals surface area contributed by atoms with Crippen LogP contribution in [0, 0.1) is 6.92 Å². The van der Waals surface area contributed by atoms with Gasteiger partial charge in [0.2, 0.25) is 0 Å². The number of halogens is 1. The van der Waals surface area contributed by atoms with Crippen LogP contribution in [0.3, 0.4) is 0 Å². The van der Waals surface area contributed by atoms with Gasteiger partial charge in [-0.1, -0.05) is 11.6 Å². The van der Waals surface area contributed by atoms with Gasteiger partial charge in [0, 0.05) is 18.8 Å². The fourth-order valence-corrected chi connectivity index (χ4v) is 2.07. The minimum absolute atomic E-state index is 0.316. The van der Waals surface area contributed by atoms with Gasteiger partial charge in [-0.25, -0.2) is 0 Å². The third-order valence-electron chi connectivity index (χ3n) is 2.89. The highest BCUT2D eigenvalue weighted by molar-refractivity contribution is 6.32. The number of aryl methyl sites for hydroxylation is 2. The number of methoxy groups -OCH3 is 1. The van der Waals surface area contributed by atoms with Gasteiger partial charge in [-0.3, -0.25) is 9.48 Å². The zero-order chi connectivity index (χ0) is 14.9. The average molecular weight is 295 g/mol. The Morgan fingerprint density at radius 2 is 2.20 bits per heavy atom. The summed E-state index contributed by atoms with van der Waals surface area (Å²) in [4.78, 5) is 12.2. The zero-order valence-corrected chi connectivity index (χ0v) is 12.2. The van der Waals surface area contributed by atoms with Crippen molar-refractivity contribution in [1.29, 1.82) is 0 Å². The second-order valence-electron chi connectivity index (χ2n) is 4.27. The lowest BCUT2D eigenvalue weighted by Gasteiger charge is -2.09. The smallest absolute Gasteiger partial charge is 0.276 e. The Morgan fingerprint density at radius 3 is 2.75 bits per heavy atom. The summed E-state index contributed by atoms with van der Waals surface area (Å²) in [6, 6.07) is 4.97. The van der Waals surface area contributed by atoms with Crippen LogP contribution in [0.25, 0.3) is 0 Å². The number of carbonyl (C=O) groups is 1. The second kappa shape index (κ2) is 5.42. The Bertz CT molecular complexity index is 667. The van der Waals surface area contributed by atoms with Gasteiger partial charge in [0.1, 0.15) is 11.4 Å². The van der Waals surface area contributed by atoms with Crippen LogP contribution in [0.4, 0.5) is 11.4 Å². The monoisotopic (exact) mass is 294 g/mol. The maximum absolute atomic E-state index is 12.2. The van der Waals surface area contributed by atoms with Gasteiger partial charge in [0.05, 0.1) is 23.5 Å². The predicted octanol–water partition coefficient (Wildman–Crippen LogP) is 2.23.